The molecule has 2 atom stereocenters. The summed E-state index contributed by atoms with van der Waals surface area (Å²) in [7, 11) is 0. The maximum Gasteiger partial charge on any atom is 0.244 e. The number of hydrogen-bond acceptors (Lipinski definition) is 3. The number of benzene rings is 1. The van der Waals surface area contributed by atoms with Gasteiger partial charge in [0.2, 0.25) is 11.8 Å². The highest BCUT2D eigenvalue weighted by Crippen LogP contribution is 2.28. The van der Waals surface area contributed by atoms with Crippen molar-refractivity contribution in [2.45, 2.75) is 25.3 Å². The zero-order chi connectivity index (χ0) is 14.7. The first-order valence-electron chi connectivity index (χ1n) is 7.59. The number of anilines is 1. The summed E-state index contributed by atoms with van der Waals surface area (Å²) < 4.78 is 0. The van der Waals surface area contributed by atoms with E-state index in [0.29, 0.717) is 12.3 Å². The van der Waals surface area contributed by atoms with Crippen molar-refractivity contribution in [3.63, 3.8) is 0 Å². The highest BCUT2D eigenvalue weighted by atomic mass is 16.2. The van der Waals surface area contributed by atoms with Gasteiger partial charge in [-0.2, -0.15) is 0 Å². The van der Waals surface area contributed by atoms with E-state index in [1.54, 1.807) is 4.90 Å². The van der Waals surface area contributed by atoms with E-state index in [1.165, 1.54) is 0 Å². The van der Waals surface area contributed by atoms with E-state index in [9.17, 15) is 9.59 Å². The van der Waals surface area contributed by atoms with Crippen molar-refractivity contribution in [3.05, 3.63) is 30.3 Å². The average molecular weight is 287 g/mol. The van der Waals surface area contributed by atoms with Gasteiger partial charge in [0.25, 0.3) is 0 Å². The van der Waals surface area contributed by atoms with E-state index in [1.807, 2.05) is 30.3 Å². The van der Waals surface area contributed by atoms with Crippen LogP contribution in [0.2, 0.25) is 0 Å². The Morgan fingerprint density at radius 3 is 2.90 bits per heavy atom. The van der Waals surface area contributed by atoms with Crippen molar-refractivity contribution in [1.82, 2.24) is 10.2 Å². The molecular formula is C16H21N3O2. The minimum atomic E-state index is -0.117. The van der Waals surface area contributed by atoms with E-state index < -0.39 is 0 Å². The molecule has 2 saturated heterocycles. The second-order valence-electron chi connectivity index (χ2n) is 5.79. The smallest absolute Gasteiger partial charge is 0.244 e. The lowest BCUT2D eigenvalue weighted by Gasteiger charge is -2.43. The summed E-state index contributed by atoms with van der Waals surface area (Å²) in [5.41, 5.74) is 0.772. The predicted octanol–water partition coefficient (Wildman–Crippen LogP) is 1.23. The summed E-state index contributed by atoms with van der Waals surface area (Å²) in [4.78, 5) is 26.1. The van der Waals surface area contributed by atoms with E-state index in [2.05, 4.69) is 10.6 Å². The molecule has 5 nitrogen and oxygen atoms in total. The number of nitrogens with one attached hydrogen (secondary N) is 2. The Morgan fingerprint density at radius 2 is 2.10 bits per heavy atom. The zero-order valence-corrected chi connectivity index (χ0v) is 12.0. The molecule has 0 radical (unpaired) electrons. The van der Waals surface area contributed by atoms with Crippen LogP contribution in [-0.4, -0.2) is 42.4 Å². The fraction of sp³-hybridized carbons (Fsp3) is 0.500. The van der Waals surface area contributed by atoms with Crippen LogP contribution in [0.15, 0.2) is 30.3 Å². The topological polar surface area (TPSA) is 61.4 Å². The van der Waals surface area contributed by atoms with Gasteiger partial charge in [-0.3, -0.25) is 9.59 Å². The summed E-state index contributed by atoms with van der Waals surface area (Å²) in [6.07, 6.45) is 2.43. The fourth-order valence-corrected chi connectivity index (χ4v) is 3.33. The Labute approximate surface area is 124 Å². The minimum Gasteiger partial charge on any atom is -0.330 e. The van der Waals surface area contributed by atoms with E-state index in [4.69, 9.17) is 0 Å². The molecule has 0 aliphatic carbocycles. The second kappa shape index (κ2) is 6.26. The normalized spacial score (nSPS) is 25.3. The molecule has 3 rings (SSSR count). The molecular weight excluding hydrogens is 266 g/mol. The van der Waals surface area contributed by atoms with Crippen molar-refractivity contribution in [1.29, 1.82) is 0 Å². The molecule has 5 heteroatoms. The van der Waals surface area contributed by atoms with Gasteiger partial charge in [0, 0.05) is 18.2 Å². The van der Waals surface area contributed by atoms with Crippen LogP contribution in [0.3, 0.4) is 0 Å². The van der Waals surface area contributed by atoms with Crippen LogP contribution in [-0.2, 0) is 9.59 Å². The number of rotatable bonds is 3. The summed E-state index contributed by atoms with van der Waals surface area (Å²) in [5.74, 6) is 0.482. The first kappa shape index (κ1) is 14.1. The summed E-state index contributed by atoms with van der Waals surface area (Å²) in [5, 5.41) is 6.23. The molecule has 2 aliphatic heterocycles. The van der Waals surface area contributed by atoms with Crippen LogP contribution in [0.1, 0.15) is 19.3 Å². The van der Waals surface area contributed by atoms with Gasteiger partial charge >= 0.3 is 0 Å². The second-order valence-corrected chi connectivity index (χ2v) is 5.79. The molecule has 2 unspecified atom stereocenters. The summed E-state index contributed by atoms with van der Waals surface area (Å²) >= 11 is 0. The number of para-hydroxylation sites is 1. The van der Waals surface area contributed by atoms with Crippen LogP contribution in [0, 0.1) is 5.92 Å². The molecule has 0 spiro atoms. The van der Waals surface area contributed by atoms with E-state index in [0.717, 1.165) is 31.6 Å². The van der Waals surface area contributed by atoms with Gasteiger partial charge in [0.15, 0.2) is 0 Å². The van der Waals surface area contributed by atoms with Gasteiger partial charge in [-0.1, -0.05) is 18.2 Å². The highest BCUT2D eigenvalue weighted by Gasteiger charge is 2.37. The quantitative estimate of drug-likeness (QED) is 0.879. The molecule has 0 aromatic heterocycles. The van der Waals surface area contributed by atoms with Gasteiger partial charge in [-0.25, -0.2) is 0 Å². The van der Waals surface area contributed by atoms with Gasteiger partial charge in [0.1, 0.15) is 6.54 Å². The molecule has 2 aliphatic rings. The van der Waals surface area contributed by atoms with Gasteiger partial charge in [-0.05, 0) is 44.0 Å². The highest BCUT2D eigenvalue weighted by molar-refractivity contribution is 5.94. The average Bonchev–Trinajstić information content (AvgIpc) is 2.51. The lowest BCUT2D eigenvalue weighted by Crippen LogP contribution is -2.56. The Bertz CT molecular complexity index is 518. The van der Waals surface area contributed by atoms with Crippen LogP contribution < -0.4 is 10.6 Å². The monoisotopic (exact) mass is 287 g/mol. The van der Waals surface area contributed by atoms with Gasteiger partial charge < -0.3 is 15.5 Å². The molecule has 0 bridgehead atoms. The van der Waals surface area contributed by atoms with Crippen LogP contribution in [0.4, 0.5) is 5.69 Å². The first-order valence-corrected chi connectivity index (χ1v) is 7.59. The third-order valence-electron chi connectivity index (χ3n) is 4.39. The Balaban J connectivity index is 1.64. The van der Waals surface area contributed by atoms with Gasteiger partial charge in [-0.15, -0.1) is 0 Å². The molecule has 112 valence electrons. The fourth-order valence-electron chi connectivity index (χ4n) is 3.33. The van der Waals surface area contributed by atoms with E-state index >= 15 is 0 Å². The number of carbonyl (C=O) groups excluding carboxylic acids is 2. The number of fused-ring (bicyclic) bond motifs is 1. The number of piperidine rings is 2. The lowest BCUT2D eigenvalue weighted by atomic mass is 9.84. The number of amides is 2. The third kappa shape index (κ3) is 3.24. The standard InChI is InChI=1S/C16H21N3O2/c20-15(18-13-4-2-1-3-5-13)11-19-14-8-9-17-10-12(14)6-7-16(19)21/h1-5,12,14,17H,6-11H2,(H,18,20). The maximum absolute atomic E-state index is 12.2. The largest absolute Gasteiger partial charge is 0.330 e. The molecule has 2 N–H and O–H groups in total. The van der Waals surface area contributed by atoms with Crippen LogP contribution >= 0.6 is 0 Å². The minimum absolute atomic E-state index is 0.112. The molecule has 0 saturated carbocycles. The molecule has 21 heavy (non-hydrogen) atoms. The lowest BCUT2D eigenvalue weighted by molar-refractivity contribution is -0.142. The molecule has 2 heterocycles. The number of carbonyl (C=O) groups is 2. The maximum atomic E-state index is 12.2. The summed E-state index contributed by atoms with van der Waals surface area (Å²) in [6.45, 7) is 2.04. The van der Waals surface area contributed by atoms with Crippen molar-refractivity contribution in [3.8, 4) is 0 Å². The van der Waals surface area contributed by atoms with E-state index in [-0.39, 0.29) is 24.4 Å². The van der Waals surface area contributed by atoms with Crippen molar-refractivity contribution >= 4 is 17.5 Å². The van der Waals surface area contributed by atoms with Crippen molar-refractivity contribution in [2.24, 2.45) is 5.92 Å². The SMILES string of the molecule is O=C(CN1C(=O)CCC2CNCCC21)Nc1ccccc1. The number of hydrogen-bond donors (Lipinski definition) is 2. The Hall–Kier alpha value is -1.88. The summed E-state index contributed by atoms with van der Waals surface area (Å²) in [6, 6.07) is 9.58. The number of likely N-dealkylation sites (tertiary alicyclic amines) is 1. The van der Waals surface area contributed by atoms with Crippen LogP contribution in [0.25, 0.3) is 0 Å². The molecule has 2 fully saturated rings. The van der Waals surface area contributed by atoms with Crippen molar-refractivity contribution in [2.75, 3.05) is 25.0 Å². The molecule has 2 amide bonds. The van der Waals surface area contributed by atoms with Crippen LogP contribution in [0.5, 0.6) is 0 Å². The zero-order valence-electron chi connectivity index (χ0n) is 12.0. The number of nitrogens with zero attached hydrogens (tertiary/aromatic N) is 1. The molecule has 1 aromatic rings. The van der Waals surface area contributed by atoms with Gasteiger partial charge in [0.05, 0.1) is 0 Å². The Morgan fingerprint density at radius 1 is 1.29 bits per heavy atom. The molecule has 1 aromatic carbocycles. The first-order chi connectivity index (χ1) is 10.2. The third-order valence-corrected chi connectivity index (χ3v) is 4.39. The van der Waals surface area contributed by atoms with Crippen molar-refractivity contribution < 1.29 is 9.59 Å². The Kier molecular flexibility index (Phi) is 4.20. The predicted molar refractivity (Wildman–Crippen MR) is 80.8 cm³/mol.